The molecule has 0 atom stereocenters. The molecule has 0 fully saturated rings. The van der Waals surface area contributed by atoms with Gasteiger partial charge in [-0.05, 0) is 12.5 Å². The van der Waals surface area contributed by atoms with E-state index in [9.17, 15) is 4.79 Å². The number of fused-ring (bicyclic) bond motifs is 1. The number of thiazole rings is 1. The Morgan fingerprint density at radius 2 is 1.96 bits per heavy atom. The molecular formula is C17H13N3OS2. The molecule has 0 saturated carbocycles. The van der Waals surface area contributed by atoms with Crippen LogP contribution in [0.4, 0.5) is 0 Å². The van der Waals surface area contributed by atoms with Crippen molar-refractivity contribution in [2.24, 2.45) is 0 Å². The van der Waals surface area contributed by atoms with Crippen LogP contribution in [0.5, 0.6) is 0 Å². The molecule has 0 radical (unpaired) electrons. The van der Waals surface area contributed by atoms with Crippen LogP contribution in [0.3, 0.4) is 0 Å². The molecule has 0 aliphatic carbocycles. The minimum Gasteiger partial charge on any atom is -0.293 e. The first-order valence-electron chi connectivity index (χ1n) is 7.15. The lowest BCUT2D eigenvalue weighted by atomic mass is 10.1. The summed E-state index contributed by atoms with van der Waals surface area (Å²) >= 11 is 3.09. The molecule has 0 aliphatic heterocycles. The summed E-state index contributed by atoms with van der Waals surface area (Å²) in [4.78, 5) is 22.6. The second-order valence-corrected chi connectivity index (χ2v) is 7.15. The van der Waals surface area contributed by atoms with Crippen molar-refractivity contribution in [1.82, 2.24) is 14.5 Å². The number of benzene rings is 1. The summed E-state index contributed by atoms with van der Waals surface area (Å²) in [6, 6.07) is 9.96. The SMILES string of the molecule is Cc1nc(Cn2cnc3scc(-c4ccccc4)c3c2=O)cs1. The lowest BCUT2D eigenvalue weighted by Gasteiger charge is -2.04. The topological polar surface area (TPSA) is 47.8 Å². The maximum Gasteiger partial charge on any atom is 0.263 e. The summed E-state index contributed by atoms with van der Waals surface area (Å²) in [5.74, 6) is 0. The minimum atomic E-state index is -0.0132. The molecule has 0 saturated heterocycles. The minimum absolute atomic E-state index is 0.0132. The van der Waals surface area contributed by atoms with Gasteiger partial charge in [0.25, 0.3) is 5.56 Å². The lowest BCUT2D eigenvalue weighted by molar-refractivity contribution is 0.733. The lowest BCUT2D eigenvalue weighted by Crippen LogP contribution is -2.21. The summed E-state index contributed by atoms with van der Waals surface area (Å²) in [6.07, 6.45) is 1.62. The van der Waals surface area contributed by atoms with Crippen molar-refractivity contribution in [1.29, 1.82) is 0 Å². The molecule has 0 unspecified atom stereocenters. The molecule has 4 rings (SSSR count). The summed E-state index contributed by atoms with van der Waals surface area (Å²) in [7, 11) is 0. The molecule has 0 spiro atoms. The van der Waals surface area contributed by atoms with Gasteiger partial charge in [0.1, 0.15) is 4.83 Å². The third-order valence-electron chi connectivity index (χ3n) is 3.64. The van der Waals surface area contributed by atoms with Gasteiger partial charge in [0, 0.05) is 16.3 Å². The first kappa shape index (κ1) is 14.3. The Bertz CT molecular complexity index is 1030. The first-order valence-corrected chi connectivity index (χ1v) is 8.91. The molecular weight excluding hydrogens is 326 g/mol. The molecule has 23 heavy (non-hydrogen) atoms. The zero-order chi connectivity index (χ0) is 15.8. The fourth-order valence-electron chi connectivity index (χ4n) is 2.57. The maximum atomic E-state index is 12.9. The molecule has 4 nitrogen and oxygen atoms in total. The van der Waals surface area contributed by atoms with Gasteiger partial charge >= 0.3 is 0 Å². The van der Waals surface area contributed by atoms with E-state index in [4.69, 9.17) is 0 Å². The molecule has 0 amide bonds. The normalized spacial score (nSPS) is 11.2. The molecule has 6 heteroatoms. The number of thiophene rings is 1. The Morgan fingerprint density at radius 1 is 1.13 bits per heavy atom. The summed E-state index contributed by atoms with van der Waals surface area (Å²) in [6.45, 7) is 2.42. The van der Waals surface area contributed by atoms with Gasteiger partial charge in [-0.1, -0.05) is 30.3 Å². The van der Waals surface area contributed by atoms with Crippen molar-refractivity contribution >= 4 is 32.9 Å². The summed E-state index contributed by atoms with van der Waals surface area (Å²) in [5.41, 5.74) is 2.87. The van der Waals surface area contributed by atoms with Gasteiger partial charge in [0.15, 0.2) is 0 Å². The first-order chi connectivity index (χ1) is 11.2. The number of rotatable bonds is 3. The van der Waals surface area contributed by atoms with Crippen LogP contribution in [-0.2, 0) is 6.54 Å². The van der Waals surface area contributed by atoms with Crippen LogP contribution >= 0.6 is 22.7 Å². The molecule has 3 heterocycles. The fourth-order valence-corrected chi connectivity index (χ4v) is 4.08. The third kappa shape index (κ3) is 2.60. The van der Waals surface area contributed by atoms with Gasteiger partial charge in [-0.3, -0.25) is 9.36 Å². The van der Waals surface area contributed by atoms with Gasteiger partial charge < -0.3 is 0 Å². The second kappa shape index (κ2) is 5.72. The van der Waals surface area contributed by atoms with E-state index in [1.807, 2.05) is 48.0 Å². The Labute approximate surface area is 140 Å². The average Bonchev–Trinajstić information content (AvgIpc) is 3.17. The van der Waals surface area contributed by atoms with E-state index < -0.39 is 0 Å². The van der Waals surface area contributed by atoms with Crippen molar-refractivity contribution < 1.29 is 0 Å². The van der Waals surface area contributed by atoms with E-state index >= 15 is 0 Å². The quantitative estimate of drug-likeness (QED) is 0.568. The second-order valence-electron chi connectivity index (χ2n) is 5.23. The molecule has 0 bridgehead atoms. The molecule has 3 aromatic heterocycles. The van der Waals surface area contributed by atoms with E-state index in [2.05, 4.69) is 9.97 Å². The van der Waals surface area contributed by atoms with Crippen LogP contribution < -0.4 is 5.56 Å². The zero-order valence-corrected chi connectivity index (χ0v) is 14.0. The molecule has 4 aromatic rings. The smallest absolute Gasteiger partial charge is 0.263 e. The van der Waals surface area contributed by atoms with Crippen molar-refractivity contribution in [3.05, 3.63) is 68.5 Å². The van der Waals surface area contributed by atoms with E-state index in [1.54, 1.807) is 22.2 Å². The van der Waals surface area contributed by atoms with Gasteiger partial charge in [0.05, 0.1) is 29.0 Å². The number of hydrogen-bond donors (Lipinski definition) is 0. The molecule has 0 N–H and O–H groups in total. The standard InChI is InChI=1S/C17H13N3OS2/c1-11-19-13(8-22-11)7-20-10-18-16-15(17(20)21)14(9-23-16)12-5-3-2-4-6-12/h2-6,8-10H,7H2,1H3. The highest BCUT2D eigenvalue weighted by atomic mass is 32.1. The van der Waals surface area contributed by atoms with Gasteiger partial charge in [-0.25, -0.2) is 9.97 Å². The van der Waals surface area contributed by atoms with E-state index in [-0.39, 0.29) is 5.56 Å². The zero-order valence-electron chi connectivity index (χ0n) is 12.4. The van der Waals surface area contributed by atoms with Crippen LogP contribution in [0.2, 0.25) is 0 Å². The van der Waals surface area contributed by atoms with Gasteiger partial charge in [-0.15, -0.1) is 22.7 Å². The van der Waals surface area contributed by atoms with Gasteiger partial charge in [0.2, 0.25) is 0 Å². The van der Waals surface area contributed by atoms with E-state index in [1.165, 1.54) is 11.3 Å². The predicted molar refractivity (Wildman–Crippen MR) is 95.3 cm³/mol. The van der Waals surface area contributed by atoms with Crippen molar-refractivity contribution in [2.75, 3.05) is 0 Å². The van der Waals surface area contributed by atoms with Crippen molar-refractivity contribution in [3.8, 4) is 11.1 Å². The number of aromatic nitrogens is 3. The fraction of sp³-hybridized carbons (Fsp3) is 0.118. The Hall–Kier alpha value is -2.31. The largest absolute Gasteiger partial charge is 0.293 e. The highest BCUT2D eigenvalue weighted by Crippen LogP contribution is 2.30. The third-order valence-corrected chi connectivity index (χ3v) is 5.35. The predicted octanol–water partition coefficient (Wildman–Crippen LogP) is 3.94. The highest BCUT2D eigenvalue weighted by Gasteiger charge is 2.13. The van der Waals surface area contributed by atoms with Crippen LogP contribution in [-0.4, -0.2) is 14.5 Å². The number of aryl methyl sites for hydroxylation is 1. The van der Waals surface area contributed by atoms with Crippen LogP contribution in [0.25, 0.3) is 21.3 Å². The van der Waals surface area contributed by atoms with Crippen LogP contribution in [0.15, 0.2) is 52.2 Å². The monoisotopic (exact) mass is 339 g/mol. The van der Waals surface area contributed by atoms with Crippen molar-refractivity contribution in [3.63, 3.8) is 0 Å². The number of nitrogens with zero attached hydrogens (tertiary/aromatic N) is 3. The highest BCUT2D eigenvalue weighted by molar-refractivity contribution is 7.17. The Kier molecular flexibility index (Phi) is 3.55. The van der Waals surface area contributed by atoms with Crippen LogP contribution in [0, 0.1) is 6.92 Å². The van der Waals surface area contributed by atoms with Gasteiger partial charge in [-0.2, -0.15) is 0 Å². The maximum absolute atomic E-state index is 12.9. The van der Waals surface area contributed by atoms with Crippen molar-refractivity contribution in [2.45, 2.75) is 13.5 Å². The Balaban J connectivity index is 1.85. The van der Waals surface area contributed by atoms with E-state index in [0.29, 0.717) is 11.9 Å². The molecule has 1 aromatic carbocycles. The summed E-state index contributed by atoms with van der Waals surface area (Å²) < 4.78 is 1.63. The Morgan fingerprint density at radius 3 is 2.70 bits per heavy atom. The average molecular weight is 339 g/mol. The molecule has 114 valence electrons. The summed E-state index contributed by atoms with van der Waals surface area (Å²) in [5, 5.41) is 5.68. The number of hydrogen-bond acceptors (Lipinski definition) is 5. The van der Waals surface area contributed by atoms with Crippen LogP contribution in [0.1, 0.15) is 10.7 Å². The molecule has 0 aliphatic rings. The van der Waals surface area contributed by atoms with E-state index in [0.717, 1.165) is 26.7 Å².